The lowest BCUT2D eigenvalue weighted by Gasteiger charge is -2.38. The molecule has 1 aliphatic carbocycles. The molecule has 3 nitrogen and oxygen atoms in total. The van der Waals surface area contributed by atoms with Gasteiger partial charge in [-0.15, -0.1) is 0 Å². The minimum Gasteiger partial charge on any atom is -0.389 e. The van der Waals surface area contributed by atoms with E-state index in [4.69, 9.17) is 18.0 Å². The molecule has 2 rings (SSSR count). The first kappa shape index (κ1) is 11.3. The van der Waals surface area contributed by atoms with Gasteiger partial charge in [-0.1, -0.05) is 25.6 Å². The maximum Gasteiger partial charge on any atom is 0.136 e. The van der Waals surface area contributed by atoms with Gasteiger partial charge in [0.1, 0.15) is 10.8 Å². The lowest BCUT2D eigenvalue weighted by Crippen LogP contribution is -2.34. The Morgan fingerprint density at radius 2 is 2.38 bits per heavy atom. The van der Waals surface area contributed by atoms with E-state index in [0.717, 1.165) is 17.9 Å². The normalized spacial score (nSPS) is 17.6. The summed E-state index contributed by atoms with van der Waals surface area (Å²) in [7, 11) is 0. The van der Waals surface area contributed by atoms with Crippen molar-refractivity contribution in [2.75, 3.05) is 11.9 Å². The Balaban J connectivity index is 2.06. The molecule has 0 spiro atoms. The van der Waals surface area contributed by atoms with Gasteiger partial charge in [-0.3, -0.25) is 0 Å². The topological polar surface area (TPSA) is 50.9 Å². The monoisotopic (exact) mass is 235 g/mol. The van der Waals surface area contributed by atoms with Crippen LogP contribution in [-0.2, 0) is 0 Å². The molecule has 1 saturated carbocycles. The highest BCUT2D eigenvalue weighted by molar-refractivity contribution is 7.80. The van der Waals surface area contributed by atoms with E-state index in [9.17, 15) is 0 Å². The number of aromatic nitrogens is 1. The third-order valence-corrected chi connectivity index (χ3v) is 3.54. The number of thiocarbonyl (C=S) groups is 1. The van der Waals surface area contributed by atoms with E-state index < -0.39 is 0 Å². The van der Waals surface area contributed by atoms with Gasteiger partial charge in [0.2, 0.25) is 0 Å². The number of pyridine rings is 1. The third-order valence-electron chi connectivity index (χ3n) is 3.32. The van der Waals surface area contributed by atoms with Crippen LogP contribution in [0.1, 0.15) is 31.7 Å². The van der Waals surface area contributed by atoms with Crippen molar-refractivity contribution >= 4 is 23.0 Å². The van der Waals surface area contributed by atoms with E-state index in [1.165, 1.54) is 19.3 Å². The van der Waals surface area contributed by atoms with Gasteiger partial charge in [-0.05, 0) is 30.4 Å². The van der Waals surface area contributed by atoms with Crippen LogP contribution in [0.15, 0.2) is 18.3 Å². The smallest absolute Gasteiger partial charge is 0.136 e. The van der Waals surface area contributed by atoms with Crippen molar-refractivity contribution in [2.45, 2.75) is 26.2 Å². The first-order valence-electron chi connectivity index (χ1n) is 5.59. The Morgan fingerprint density at radius 1 is 1.62 bits per heavy atom. The van der Waals surface area contributed by atoms with Gasteiger partial charge in [0.25, 0.3) is 0 Å². The second-order valence-electron chi connectivity index (χ2n) is 4.78. The molecule has 1 aliphatic rings. The average Bonchev–Trinajstić information content (AvgIpc) is 2.24. The first-order valence-corrected chi connectivity index (χ1v) is 6.00. The van der Waals surface area contributed by atoms with Gasteiger partial charge in [0, 0.05) is 12.7 Å². The molecule has 16 heavy (non-hydrogen) atoms. The summed E-state index contributed by atoms with van der Waals surface area (Å²) in [5, 5.41) is 3.36. The van der Waals surface area contributed by atoms with Crippen molar-refractivity contribution in [1.29, 1.82) is 0 Å². The Morgan fingerprint density at radius 3 is 2.94 bits per heavy atom. The predicted octanol–water partition coefficient (Wildman–Crippen LogP) is 2.32. The lowest BCUT2D eigenvalue weighted by atomic mass is 9.70. The van der Waals surface area contributed by atoms with Crippen molar-refractivity contribution in [3.63, 3.8) is 0 Å². The minimum atomic E-state index is 0.398. The average molecular weight is 235 g/mol. The number of hydrogen-bond donors (Lipinski definition) is 2. The first-order chi connectivity index (χ1) is 7.61. The van der Waals surface area contributed by atoms with E-state index >= 15 is 0 Å². The fourth-order valence-electron chi connectivity index (χ4n) is 2.00. The zero-order valence-electron chi connectivity index (χ0n) is 9.49. The highest BCUT2D eigenvalue weighted by Crippen LogP contribution is 2.40. The van der Waals surface area contributed by atoms with Crippen LogP contribution in [0.5, 0.6) is 0 Å². The summed E-state index contributed by atoms with van der Waals surface area (Å²) in [6, 6.07) is 3.76. The van der Waals surface area contributed by atoms with Gasteiger partial charge in [0.15, 0.2) is 0 Å². The number of nitrogens with zero attached hydrogens (tertiary/aromatic N) is 1. The molecule has 3 N–H and O–H groups in total. The molecule has 86 valence electrons. The maximum atomic E-state index is 5.65. The van der Waals surface area contributed by atoms with Crippen molar-refractivity contribution in [2.24, 2.45) is 11.1 Å². The molecule has 0 amide bonds. The molecular weight excluding hydrogens is 218 g/mol. The van der Waals surface area contributed by atoms with Crippen LogP contribution >= 0.6 is 12.2 Å². The van der Waals surface area contributed by atoms with Crippen LogP contribution < -0.4 is 11.1 Å². The van der Waals surface area contributed by atoms with E-state index in [0.29, 0.717) is 10.4 Å². The van der Waals surface area contributed by atoms with Gasteiger partial charge in [0.05, 0.1) is 5.56 Å². The number of rotatable bonds is 4. The van der Waals surface area contributed by atoms with E-state index in [1.54, 1.807) is 6.20 Å². The quantitative estimate of drug-likeness (QED) is 0.786. The van der Waals surface area contributed by atoms with Crippen molar-refractivity contribution in [3.05, 3.63) is 23.9 Å². The zero-order valence-corrected chi connectivity index (χ0v) is 10.3. The van der Waals surface area contributed by atoms with E-state index in [-0.39, 0.29) is 0 Å². The summed E-state index contributed by atoms with van der Waals surface area (Å²) < 4.78 is 0. The van der Waals surface area contributed by atoms with Crippen LogP contribution in [0.25, 0.3) is 0 Å². The fraction of sp³-hybridized carbons (Fsp3) is 0.500. The summed E-state index contributed by atoms with van der Waals surface area (Å²) in [5.41, 5.74) is 6.91. The molecule has 0 radical (unpaired) electrons. The Hall–Kier alpha value is -1.16. The van der Waals surface area contributed by atoms with Gasteiger partial charge in [-0.25, -0.2) is 4.98 Å². The molecule has 0 aromatic carbocycles. The Kier molecular flexibility index (Phi) is 3.10. The highest BCUT2D eigenvalue weighted by Gasteiger charge is 2.31. The minimum absolute atomic E-state index is 0.398. The van der Waals surface area contributed by atoms with Crippen LogP contribution in [0, 0.1) is 5.41 Å². The molecule has 1 fully saturated rings. The Bertz CT molecular complexity index is 399. The van der Waals surface area contributed by atoms with Gasteiger partial charge < -0.3 is 11.1 Å². The Labute approximate surface area is 101 Å². The third kappa shape index (κ3) is 2.32. The van der Waals surface area contributed by atoms with Crippen molar-refractivity contribution in [3.8, 4) is 0 Å². The molecule has 1 aromatic heterocycles. The van der Waals surface area contributed by atoms with Crippen LogP contribution in [0.4, 0.5) is 5.82 Å². The molecule has 1 heterocycles. The molecular formula is C12H17N3S. The number of nitrogens with one attached hydrogen (secondary N) is 1. The summed E-state index contributed by atoms with van der Waals surface area (Å²) in [6.07, 6.45) is 5.67. The number of nitrogens with two attached hydrogens (primary N) is 1. The zero-order chi connectivity index (χ0) is 11.6. The van der Waals surface area contributed by atoms with Gasteiger partial charge in [-0.2, -0.15) is 0 Å². The summed E-state index contributed by atoms with van der Waals surface area (Å²) in [4.78, 5) is 4.68. The molecule has 0 saturated heterocycles. The second kappa shape index (κ2) is 4.37. The van der Waals surface area contributed by atoms with Crippen LogP contribution in [0.3, 0.4) is 0 Å². The molecule has 0 aliphatic heterocycles. The second-order valence-corrected chi connectivity index (χ2v) is 5.22. The molecule has 0 unspecified atom stereocenters. The summed E-state index contributed by atoms with van der Waals surface area (Å²) >= 11 is 5.00. The lowest BCUT2D eigenvalue weighted by molar-refractivity contribution is 0.180. The number of hydrogen-bond acceptors (Lipinski definition) is 3. The molecule has 4 heteroatoms. The number of anilines is 1. The predicted molar refractivity (Wildman–Crippen MR) is 70.6 cm³/mol. The standard InChI is InChI=1S/C12H17N3S/c1-12(5-3-6-12)8-15-11-9(10(13)16)4-2-7-14-11/h2,4,7H,3,5-6,8H2,1H3,(H2,13,16)(H,14,15). The van der Waals surface area contributed by atoms with Gasteiger partial charge >= 0.3 is 0 Å². The van der Waals surface area contributed by atoms with Crippen molar-refractivity contribution in [1.82, 2.24) is 4.98 Å². The summed E-state index contributed by atoms with van der Waals surface area (Å²) in [6.45, 7) is 3.24. The highest BCUT2D eigenvalue weighted by atomic mass is 32.1. The summed E-state index contributed by atoms with van der Waals surface area (Å²) in [5.74, 6) is 0.808. The maximum absolute atomic E-state index is 5.65. The van der Waals surface area contributed by atoms with Crippen LogP contribution in [0.2, 0.25) is 0 Å². The largest absolute Gasteiger partial charge is 0.389 e. The van der Waals surface area contributed by atoms with Crippen LogP contribution in [-0.4, -0.2) is 16.5 Å². The molecule has 1 aromatic rings. The molecule has 0 atom stereocenters. The van der Waals surface area contributed by atoms with E-state index in [1.807, 2.05) is 12.1 Å². The fourth-order valence-corrected chi connectivity index (χ4v) is 2.16. The van der Waals surface area contributed by atoms with E-state index in [2.05, 4.69) is 17.2 Å². The van der Waals surface area contributed by atoms with Crippen molar-refractivity contribution < 1.29 is 0 Å². The SMILES string of the molecule is CC1(CNc2ncccc2C(N)=S)CCC1. The molecule has 0 bridgehead atoms.